The maximum atomic E-state index is 11.2. The number of carbonyl (C=O) groups excluding carboxylic acids is 3. The third kappa shape index (κ3) is 50.0. The molecule has 0 radical (unpaired) electrons. The van der Waals surface area contributed by atoms with Crippen LogP contribution in [0.2, 0.25) is 0 Å². The van der Waals surface area contributed by atoms with Crippen LogP contribution in [0, 0.1) is 0 Å². The minimum absolute atomic E-state index is 0.105. The predicted molar refractivity (Wildman–Crippen MR) is 176 cm³/mol. The number of rotatable bonds is 30. The van der Waals surface area contributed by atoms with Crippen LogP contribution in [0.1, 0.15) is 194 Å². The highest BCUT2D eigenvalue weighted by atomic mass is 16.5. The zero-order valence-electron chi connectivity index (χ0n) is 28.9. The molecular weight excluding hydrogens is 560 g/mol. The van der Waals surface area contributed by atoms with Gasteiger partial charge in [-0.15, -0.1) is 0 Å². The molecule has 44 heavy (non-hydrogen) atoms. The Morgan fingerprint density at radius 3 is 1.05 bits per heavy atom. The van der Waals surface area contributed by atoms with Gasteiger partial charge >= 0.3 is 5.97 Å². The lowest BCUT2D eigenvalue weighted by Crippen LogP contribution is -2.21. The molecule has 0 heterocycles. The highest BCUT2D eigenvalue weighted by Gasteiger charge is 2.07. The van der Waals surface area contributed by atoms with Crippen molar-refractivity contribution in [3.05, 3.63) is 0 Å². The molecule has 0 saturated heterocycles. The zero-order chi connectivity index (χ0) is 33.5. The normalized spacial score (nSPS) is 11.1. The van der Waals surface area contributed by atoms with E-state index in [2.05, 4.69) is 20.8 Å². The molecule has 264 valence electrons. The van der Waals surface area contributed by atoms with Crippen LogP contribution in [-0.4, -0.2) is 47.4 Å². The maximum absolute atomic E-state index is 11.2. The first kappa shape index (κ1) is 46.7. The van der Waals surface area contributed by atoms with E-state index >= 15 is 0 Å². The average molecular weight is 631 g/mol. The molecule has 0 fully saturated rings. The van der Waals surface area contributed by atoms with Crippen molar-refractivity contribution >= 4 is 17.9 Å². The van der Waals surface area contributed by atoms with Crippen molar-refractivity contribution < 1.29 is 39.5 Å². The largest absolute Gasteiger partial charge is 0.550 e. The van der Waals surface area contributed by atoms with E-state index in [9.17, 15) is 24.6 Å². The Morgan fingerprint density at radius 1 is 0.500 bits per heavy atom. The van der Waals surface area contributed by atoms with Crippen LogP contribution in [-0.2, 0) is 19.1 Å². The Balaban J connectivity index is -0.000000585. The van der Waals surface area contributed by atoms with Crippen LogP contribution in [0.15, 0.2) is 0 Å². The molecule has 0 bridgehead atoms. The van der Waals surface area contributed by atoms with Crippen molar-refractivity contribution in [3.63, 3.8) is 0 Å². The number of unbranched alkanes of at least 4 members (excludes halogenated alkanes) is 21. The van der Waals surface area contributed by atoms with E-state index < -0.39 is 18.0 Å². The van der Waals surface area contributed by atoms with E-state index in [1.54, 1.807) is 0 Å². The molecule has 0 aliphatic heterocycles. The molecule has 8 heteroatoms. The average Bonchev–Trinajstić information content (AvgIpc) is 3.00. The fourth-order valence-electron chi connectivity index (χ4n) is 4.52. The van der Waals surface area contributed by atoms with Gasteiger partial charge in [0, 0.05) is 18.4 Å². The number of aliphatic carboxylic acids is 2. The molecule has 0 rings (SSSR count). The van der Waals surface area contributed by atoms with Crippen molar-refractivity contribution in [1.29, 1.82) is 0 Å². The molecular formula is C36H70O8-2. The molecule has 0 aromatic heterocycles. The fourth-order valence-corrected chi connectivity index (χ4v) is 4.52. The summed E-state index contributed by atoms with van der Waals surface area (Å²) in [6.07, 6.45) is 28.5. The number of aliphatic hydroxyl groups excluding tert-OH is 2. The lowest BCUT2D eigenvalue weighted by Gasteiger charge is -2.08. The summed E-state index contributed by atoms with van der Waals surface area (Å²) in [5.74, 6) is -2.11. The molecule has 0 aliphatic rings. The second-order valence-corrected chi connectivity index (χ2v) is 11.9. The minimum atomic E-state index is -0.951. The third-order valence-electron chi connectivity index (χ3n) is 7.35. The number of carboxylic acid groups (broad SMARTS) is 2. The number of hydrogen-bond donors (Lipinski definition) is 2. The van der Waals surface area contributed by atoms with Crippen LogP contribution in [0.25, 0.3) is 0 Å². The summed E-state index contributed by atoms with van der Waals surface area (Å²) in [6, 6.07) is 0. The van der Waals surface area contributed by atoms with Crippen LogP contribution >= 0.6 is 0 Å². The summed E-state index contributed by atoms with van der Waals surface area (Å²) < 4.78 is 4.81. The summed E-state index contributed by atoms with van der Waals surface area (Å²) in [5.41, 5.74) is 0. The van der Waals surface area contributed by atoms with Crippen LogP contribution < -0.4 is 10.2 Å². The van der Waals surface area contributed by atoms with Crippen molar-refractivity contribution in [3.8, 4) is 0 Å². The van der Waals surface area contributed by atoms with E-state index in [4.69, 9.17) is 14.9 Å². The molecule has 0 saturated carbocycles. The Morgan fingerprint density at radius 2 is 0.773 bits per heavy atom. The predicted octanol–water partition coefficient (Wildman–Crippen LogP) is 6.95. The molecule has 2 N–H and O–H groups in total. The summed E-state index contributed by atoms with van der Waals surface area (Å²) >= 11 is 0. The number of ether oxygens (including phenoxy) is 1. The Hall–Kier alpha value is -1.67. The number of hydrogen-bond acceptors (Lipinski definition) is 8. The highest BCUT2D eigenvalue weighted by Crippen LogP contribution is 2.11. The molecule has 0 aromatic rings. The van der Waals surface area contributed by atoms with Crippen molar-refractivity contribution in [1.82, 2.24) is 0 Å². The van der Waals surface area contributed by atoms with Crippen LogP contribution in [0.3, 0.4) is 0 Å². The van der Waals surface area contributed by atoms with Gasteiger partial charge in [-0.3, -0.25) is 4.79 Å². The molecule has 0 amide bonds. The smallest absolute Gasteiger partial charge is 0.305 e. The quantitative estimate of drug-likeness (QED) is 0.0640. The standard InChI is InChI=1S/C14H28O4.2C11H22O2/c1-2-3-4-5-6-7-8-9-10-14(17)18-12-13(16)11-15;2*1-2-3-4-5-6-7-8-9-10-11(12)13/h13,15-16H,2-12H2,1H3;2*2-10H2,1H3,(H,12,13)/p-2. The van der Waals surface area contributed by atoms with E-state index in [0.717, 1.165) is 38.5 Å². The summed E-state index contributed by atoms with van der Waals surface area (Å²) in [6.45, 7) is 6.15. The van der Waals surface area contributed by atoms with Gasteiger partial charge in [-0.25, -0.2) is 0 Å². The van der Waals surface area contributed by atoms with Crippen molar-refractivity contribution in [2.24, 2.45) is 0 Å². The lowest BCUT2D eigenvalue weighted by atomic mass is 10.1. The molecule has 0 aliphatic carbocycles. The van der Waals surface area contributed by atoms with Gasteiger partial charge in [-0.05, 0) is 32.1 Å². The van der Waals surface area contributed by atoms with Gasteiger partial charge in [-0.2, -0.15) is 0 Å². The summed E-state index contributed by atoms with van der Waals surface area (Å²) in [7, 11) is 0. The number of esters is 1. The van der Waals surface area contributed by atoms with Gasteiger partial charge in [0.25, 0.3) is 0 Å². The number of carbonyl (C=O) groups is 3. The van der Waals surface area contributed by atoms with Gasteiger partial charge in [0.05, 0.1) is 6.61 Å². The second-order valence-electron chi connectivity index (χ2n) is 11.9. The first-order valence-corrected chi connectivity index (χ1v) is 18.1. The lowest BCUT2D eigenvalue weighted by molar-refractivity contribution is -0.307. The SMILES string of the molecule is CCCCCCCCCCC(=O)OCC(O)CO.CCCCCCCCCCC(=O)[O-].CCCCCCCCCCC(=O)[O-]. The fraction of sp³-hybridized carbons (Fsp3) is 0.917. The molecule has 8 nitrogen and oxygen atoms in total. The van der Waals surface area contributed by atoms with E-state index in [1.807, 2.05) is 0 Å². The second kappa shape index (κ2) is 41.3. The van der Waals surface area contributed by atoms with Crippen LogP contribution in [0.4, 0.5) is 0 Å². The van der Waals surface area contributed by atoms with Gasteiger partial charge in [0.15, 0.2) is 0 Å². The first-order chi connectivity index (χ1) is 21.2. The molecule has 1 atom stereocenters. The van der Waals surface area contributed by atoms with Crippen LogP contribution in [0.5, 0.6) is 0 Å². The molecule has 0 spiro atoms. The van der Waals surface area contributed by atoms with E-state index in [-0.39, 0.29) is 32.0 Å². The van der Waals surface area contributed by atoms with E-state index in [0.29, 0.717) is 6.42 Å². The minimum Gasteiger partial charge on any atom is -0.550 e. The summed E-state index contributed by atoms with van der Waals surface area (Å²) in [5, 5.41) is 37.7. The molecule has 1 unspecified atom stereocenters. The number of aliphatic hydroxyl groups is 2. The van der Waals surface area contributed by atoms with Crippen molar-refractivity contribution in [2.75, 3.05) is 13.2 Å². The Labute approximate surface area is 270 Å². The zero-order valence-corrected chi connectivity index (χ0v) is 28.9. The van der Waals surface area contributed by atoms with Gasteiger partial charge in [-0.1, -0.05) is 156 Å². The Kier molecular flexibility index (Phi) is 43.9. The van der Waals surface area contributed by atoms with E-state index in [1.165, 1.54) is 116 Å². The summed E-state index contributed by atoms with van der Waals surface area (Å²) in [4.78, 5) is 31.3. The van der Waals surface area contributed by atoms with Crippen molar-refractivity contribution in [2.45, 2.75) is 200 Å². The monoisotopic (exact) mass is 631 g/mol. The maximum Gasteiger partial charge on any atom is 0.305 e. The Bertz CT molecular complexity index is 567. The van der Waals surface area contributed by atoms with Gasteiger partial charge < -0.3 is 34.8 Å². The first-order valence-electron chi connectivity index (χ1n) is 18.1. The molecule has 0 aromatic carbocycles. The third-order valence-corrected chi connectivity index (χ3v) is 7.35. The topological polar surface area (TPSA) is 147 Å². The number of carboxylic acids is 2. The van der Waals surface area contributed by atoms with Gasteiger partial charge in [0.1, 0.15) is 12.7 Å². The van der Waals surface area contributed by atoms with Gasteiger partial charge in [0.2, 0.25) is 0 Å². The highest BCUT2D eigenvalue weighted by molar-refractivity contribution is 5.69.